The number of methoxy groups -OCH3 is 1. The lowest BCUT2D eigenvalue weighted by molar-refractivity contribution is 0.370. The van der Waals surface area contributed by atoms with E-state index in [-0.39, 0.29) is 0 Å². The fraction of sp³-hybridized carbons (Fsp3) is 0.571. The Morgan fingerprint density at radius 1 is 1.42 bits per heavy atom. The van der Waals surface area contributed by atoms with Crippen LogP contribution >= 0.6 is 11.6 Å². The highest BCUT2D eigenvalue weighted by Gasteiger charge is 2.16. The molecule has 0 aliphatic heterocycles. The molecule has 0 saturated heterocycles. The molecule has 3 nitrogen and oxygen atoms in total. The van der Waals surface area contributed by atoms with Crippen LogP contribution in [0.15, 0.2) is 18.2 Å². The summed E-state index contributed by atoms with van der Waals surface area (Å²) < 4.78 is 24.8. The standard InChI is InChI=1S/C14H21ClO3S/c1-10(2)11(6-7-19(16)17)8-12-4-5-13(18-3)9-14(12)15/h4-5,9-11H,6-8H2,1-3H3,(H,16,17). The van der Waals surface area contributed by atoms with Crippen LogP contribution in [-0.2, 0) is 17.5 Å². The SMILES string of the molecule is COc1ccc(CC(CCS(=O)O)C(C)C)c(Cl)c1. The van der Waals surface area contributed by atoms with Crippen LogP contribution in [0, 0.1) is 11.8 Å². The number of benzene rings is 1. The second-order valence-corrected chi connectivity index (χ2v) is 6.44. The van der Waals surface area contributed by atoms with Gasteiger partial charge >= 0.3 is 0 Å². The first kappa shape index (κ1) is 16.5. The van der Waals surface area contributed by atoms with Gasteiger partial charge in [0.15, 0.2) is 11.1 Å². The van der Waals surface area contributed by atoms with Crippen molar-refractivity contribution in [3.63, 3.8) is 0 Å². The van der Waals surface area contributed by atoms with Gasteiger partial charge in [0.05, 0.1) is 7.11 Å². The minimum atomic E-state index is -1.72. The molecule has 5 heteroatoms. The molecule has 0 aliphatic rings. The van der Waals surface area contributed by atoms with Crippen molar-refractivity contribution in [1.82, 2.24) is 0 Å². The van der Waals surface area contributed by atoms with Gasteiger partial charge < -0.3 is 9.29 Å². The molecular weight excluding hydrogens is 284 g/mol. The van der Waals surface area contributed by atoms with Gasteiger partial charge in [-0.25, -0.2) is 4.21 Å². The van der Waals surface area contributed by atoms with Crippen LogP contribution in [0.5, 0.6) is 5.75 Å². The second kappa shape index (κ2) is 7.88. The summed E-state index contributed by atoms with van der Waals surface area (Å²) in [6.07, 6.45) is 1.54. The molecule has 2 atom stereocenters. The highest BCUT2D eigenvalue weighted by Crippen LogP contribution is 2.28. The van der Waals surface area contributed by atoms with Gasteiger partial charge in [-0.05, 0) is 42.4 Å². The van der Waals surface area contributed by atoms with E-state index in [0.717, 1.165) is 24.2 Å². The monoisotopic (exact) mass is 304 g/mol. The molecule has 108 valence electrons. The average Bonchev–Trinajstić information content (AvgIpc) is 2.35. The van der Waals surface area contributed by atoms with Gasteiger partial charge in [-0.1, -0.05) is 31.5 Å². The van der Waals surface area contributed by atoms with Crippen LogP contribution in [0.25, 0.3) is 0 Å². The first-order valence-corrected chi connectivity index (χ1v) is 7.99. The number of rotatable bonds is 7. The molecule has 1 aromatic carbocycles. The van der Waals surface area contributed by atoms with Crippen molar-refractivity contribution in [1.29, 1.82) is 0 Å². The van der Waals surface area contributed by atoms with Gasteiger partial charge in [0, 0.05) is 10.8 Å². The molecule has 0 heterocycles. The molecule has 0 aromatic heterocycles. The molecule has 0 aliphatic carbocycles. The predicted octanol–water partition coefficient (Wildman–Crippen LogP) is 3.78. The Morgan fingerprint density at radius 2 is 2.11 bits per heavy atom. The third-order valence-electron chi connectivity index (χ3n) is 3.35. The summed E-state index contributed by atoms with van der Waals surface area (Å²) in [7, 11) is 1.61. The van der Waals surface area contributed by atoms with E-state index in [0.29, 0.717) is 22.6 Å². The Balaban J connectivity index is 2.75. The number of halogens is 1. The molecule has 1 rings (SSSR count). The summed E-state index contributed by atoms with van der Waals surface area (Å²) in [6.45, 7) is 4.25. The topological polar surface area (TPSA) is 46.5 Å². The summed E-state index contributed by atoms with van der Waals surface area (Å²) in [5.74, 6) is 1.85. The number of ether oxygens (including phenoxy) is 1. The lowest BCUT2D eigenvalue weighted by Crippen LogP contribution is -2.15. The fourth-order valence-electron chi connectivity index (χ4n) is 2.03. The Kier molecular flexibility index (Phi) is 6.83. The van der Waals surface area contributed by atoms with Crippen LogP contribution in [0.4, 0.5) is 0 Å². The smallest absolute Gasteiger partial charge is 0.152 e. The molecule has 0 bridgehead atoms. The van der Waals surface area contributed by atoms with Crippen molar-refractivity contribution in [2.24, 2.45) is 11.8 Å². The van der Waals surface area contributed by atoms with E-state index >= 15 is 0 Å². The Bertz CT molecular complexity index is 435. The minimum Gasteiger partial charge on any atom is -0.497 e. The maximum Gasteiger partial charge on any atom is 0.152 e. The highest BCUT2D eigenvalue weighted by atomic mass is 35.5. The van der Waals surface area contributed by atoms with Crippen LogP contribution in [0.3, 0.4) is 0 Å². The van der Waals surface area contributed by atoms with Crippen molar-refractivity contribution in [3.05, 3.63) is 28.8 Å². The molecule has 0 saturated carbocycles. The van der Waals surface area contributed by atoms with E-state index in [1.807, 2.05) is 12.1 Å². The Hall–Kier alpha value is -0.580. The quantitative estimate of drug-likeness (QED) is 0.780. The zero-order chi connectivity index (χ0) is 14.4. The first-order valence-electron chi connectivity index (χ1n) is 6.34. The van der Waals surface area contributed by atoms with Crippen molar-refractivity contribution < 1.29 is 13.5 Å². The first-order chi connectivity index (χ1) is 8.93. The molecular formula is C14H21ClO3S. The maximum absolute atomic E-state index is 10.8. The molecule has 0 amide bonds. The third kappa shape index (κ3) is 5.51. The van der Waals surface area contributed by atoms with Gasteiger partial charge in [0.1, 0.15) is 5.75 Å². The lowest BCUT2D eigenvalue weighted by atomic mass is 9.87. The molecule has 1 aromatic rings. The fourth-order valence-corrected chi connectivity index (χ4v) is 2.78. The van der Waals surface area contributed by atoms with Gasteiger partial charge in [-0.3, -0.25) is 0 Å². The summed E-state index contributed by atoms with van der Waals surface area (Å²) in [6, 6.07) is 5.66. The molecule has 0 fully saturated rings. The lowest BCUT2D eigenvalue weighted by Gasteiger charge is -2.21. The highest BCUT2D eigenvalue weighted by molar-refractivity contribution is 7.79. The van der Waals surface area contributed by atoms with Crippen molar-refractivity contribution >= 4 is 22.7 Å². The predicted molar refractivity (Wildman–Crippen MR) is 80.3 cm³/mol. The van der Waals surface area contributed by atoms with Crippen molar-refractivity contribution in [2.75, 3.05) is 12.9 Å². The zero-order valence-electron chi connectivity index (χ0n) is 11.6. The van der Waals surface area contributed by atoms with Gasteiger partial charge in [0.2, 0.25) is 0 Å². The van der Waals surface area contributed by atoms with Crippen LogP contribution in [0.2, 0.25) is 5.02 Å². The Morgan fingerprint density at radius 3 is 2.58 bits per heavy atom. The van der Waals surface area contributed by atoms with Crippen molar-refractivity contribution in [2.45, 2.75) is 26.7 Å². The van der Waals surface area contributed by atoms with E-state index in [1.54, 1.807) is 13.2 Å². The van der Waals surface area contributed by atoms with E-state index in [9.17, 15) is 4.21 Å². The van der Waals surface area contributed by atoms with Gasteiger partial charge in [-0.15, -0.1) is 0 Å². The van der Waals surface area contributed by atoms with Gasteiger partial charge in [0.25, 0.3) is 0 Å². The summed E-state index contributed by atoms with van der Waals surface area (Å²) in [5, 5.41) is 0.690. The minimum absolute atomic E-state index is 0.316. The molecule has 19 heavy (non-hydrogen) atoms. The number of hydrogen-bond donors (Lipinski definition) is 1. The van der Waals surface area contributed by atoms with E-state index < -0.39 is 11.1 Å². The second-order valence-electron chi connectivity index (χ2n) is 4.98. The molecule has 0 spiro atoms. The maximum atomic E-state index is 10.8. The third-order valence-corrected chi connectivity index (χ3v) is 4.29. The van der Waals surface area contributed by atoms with Gasteiger partial charge in [-0.2, -0.15) is 0 Å². The van der Waals surface area contributed by atoms with E-state index in [1.165, 1.54) is 0 Å². The average molecular weight is 305 g/mol. The van der Waals surface area contributed by atoms with Crippen molar-refractivity contribution in [3.8, 4) is 5.75 Å². The van der Waals surface area contributed by atoms with Crippen LogP contribution < -0.4 is 4.74 Å². The summed E-state index contributed by atoms with van der Waals surface area (Å²) >= 11 is 4.51. The molecule has 1 N–H and O–H groups in total. The normalized spacial score (nSPS) is 14.4. The largest absolute Gasteiger partial charge is 0.497 e. The summed E-state index contributed by atoms with van der Waals surface area (Å²) in [4.78, 5) is 0. The van der Waals surface area contributed by atoms with E-state index in [4.69, 9.17) is 20.9 Å². The Labute approximate surface area is 122 Å². The summed E-state index contributed by atoms with van der Waals surface area (Å²) in [5.41, 5.74) is 1.06. The van der Waals surface area contributed by atoms with Crippen LogP contribution in [0.1, 0.15) is 25.8 Å². The zero-order valence-corrected chi connectivity index (χ0v) is 13.1. The molecule has 0 radical (unpaired) electrons. The van der Waals surface area contributed by atoms with Crippen LogP contribution in [-0.4, -0.2) is 21.6 Å². The molecule has 2 unspecified atom stereocenters. The van der Waals surface area contributed by atoms with E-state index in [2.05, 4.69) is 13.8 Å². The number of hydrogen-bond acceptors (Lipinski definition) is 2.